The molecule has 0 saturated carbocycles. The standard InChI is InChI=1S/C27H27FN2O2S/c28-21-12-10-20(11-13-21)27(14-18-32-19-15-27)26(31)29-16-5-17-30-22-6-1-3-8-24(22)33-25-9-4-2-7-23(25)30/h1-4,6-13H,5,14-19H2,(H,29,31). The van der Waals surface area contributed by atoms with E-state index in [1.54, 1.807) is 23.9 Å². The van der Waals surface area contributed by atoms with E-state index in [2.05, 4.69) is 58.7 Å². The Hall–Kier alpha value is -2.83. The van der Waals surface area contributed by atoms with Crippen molar-refractivity contribution in [3.05, 3.63) is 84.2 Å². The summed E-state index contributed by atoms with van der Waals surface area (Å²) in [4.78, 5) is 18.2. The summed E-state index contributed by atoms with van der Waals surface area (Å²) in [5.41, 5.74) is 2.62. The number of para-hydroxylation sites is 2. The number of carbonyl (C=O) groups excluding carboxylic acids is 1. The van der Waals surface area contributed by atoms with Crippen molar-refractivity contribution in [1.82, 2.24) is 5.32 Å². The first-order chi connectivity index (χ1) is 16.2. The van der Waals surface area contributed by atoms with Crippen LogP contribution < -0.4 is 10.2 Å². The van der Waals surface area contributed by atoms with Crippen LogP contribution in [0.2, 0.25) is 0 Å². The zero-order chi connectivity index (χ0) is 22.7. The van der Waals surface area contributed by atoms with Crippen LogP contribution in [0.15, 0.2) is 82.6 Å². The normalized spacial score (nSPS) is 16.6. The number of amides is 1. The molecule has 1 fully saturated rings. The number of nitrogens with one attached hydrogen (secondary N) is 1. The van der Waals surface area contributed by atoms with Gasteiger partial charge in [0.1, 0.15) is 5.82 Å². The van der Waals surface area contributed by atoms with Gasteiger partial charge in [-0.25, -0.2) is 4.39 Å². The molecule has 0 aliphatic carbocycles. The second-order valence-corrected chi connectivity index (χ2v) is 9.58. The maximum atomic E-state index is 13.5. The van der Waals surface area contributed by atoms with Crippen LogP contribution in [0.5, 0.6) is 0 Å². The van der Waals surface area contributed by atoms with Gasteiger partial charge in [0.2, 0.25) is 5.91 Å². The molecule has 0 aromatic heterocycles. The van der Waals surface area contributed by atoms with Gasteiger partial charge in [0, 0.05) is 36.1 Å². The molecule has 0 spiro atoms. The highest BCUT2D eigenvalue weighted by molar-refractivity contribution is 7.99. The quantitative estimate of drug-likeness (QED) is 0.479. The average Bonchev–Trinajstić information content (AvgIpc) is 2.86. The summed E-state index contributed by atoms with van der Waals surface area (Å²) in [5, 5.41) is 3.17. The molecule has 5 rings (SSSR count). The lowest BCUT2D eigenvalue weighted by Gasteiger charge is -2.36. The number of ether oxygens (including phenoxy) is 1. The predicted molar refractivity (Wildman–Crippen MR) is 130 cm³/mol. The predicted octanol–water partition coefficient (Wildman–Crippen LogP) is 5.68. The Morgan fingerprint density at radius 3 is 2.18 bits per heavy atom. The van der Waals surface area contributed by atoms with Crippen molar-refractivity contribution in [2.24, 2.45) is 0 Å². The number of halogens is 1. The Kier molecular flexibility index (Phi) is 6.38. The summed E-state index contributed by atoms with van der Waals surface area (Å²) in [6.45, 7) is 2.45. The molecule has 1 amide bonds. The van der Waals surface area contributed by atoms with Gasteiger partial charge >= 0.3 is 0 Å². The molecule has 0 atom stereocenters. The lowest BCUT2D eigenvalue weighted by atomic mass is 9.73. The van der Waals surface area contributed by atoms with Crippen molar-refractivity contribution in [2.45, 2.75) is 34.5 Å². The molecule has 0 unspecified atom stereocenters. The number of carbonyl (C=O) groups is 1. The van der Waals surface area contributed by atoms with Gasteiger partial charge in [-0.2, -0.15) is 0 Å². The zero-order valence-electron chi connectivity index (χ0n) is 18.4. The summed E-state index contributed by atoms with van der Waals surface area (Å²) < 4.78 is 19.0. The molecule has 0 bridgehead atoms. The van der Waals surface area contributed by atoms with Gasteiger partial charge in [-0.15, -0.1) is 0 Å². The summed E-state index contributed by atoms with van der Waals surface area (Å²) in [5.74, 6) is -0.283. The number of hydrogen-bond donors (Lipinski definition) is 1. The van der Waals surface area contributed by atoms with E-state index in [4.69, 9.17) is 4.74 Å². The first-order valence-corrected chi connectivity index (χ1v) is 12.2. The van der Waals surface area contributed by atoms with Crippen molar-refractivity contribution in [1.29, 1.82) is 0 Å². The van der Waals surface area contributed by atoms with Crippen LogP contribution in [0.25, 0.3) is 0 Å². The van der Waals surface area contributed by atoms with Crippen LogP contribution in [-0.2, 0) is 14.9 Å². The fourth-order valence-corrected chi connectivity index (χ4v) is 5.86. The minimum atomic E-state index is -0.660. The van der Waals surface area contributed by atoms with E-state index in [1.165, 1.54) is 33.3 Å². The molecule has 4 nitrogen and oxygen atoms in total. The second kappa shape index (κ2) is 9.57. The Labute approximate surface area is 198 Å². The highest BCUT2D eigenvalue weighted by Gasteiger charge is 2.41. The van der Waals surface area contributed by atoms with Crippen molar-refractivity contribution >= 4 is 29.0 Å². The lowest BCUT2D eigenvalue weighted by molar-refractivity contribution is -0.130. The Bertz CT molecular complexity index is 1080. The molecule has 2 aliphatic heterocycles. The maximum absolute atomic E-state index is 13.5. The average molecular weight is 463 g/mol. The van der Waals surface area contributed by atoms with E-state index in [9.17, 15) is 9.18 Å². The van der Waals surface area contributed by atoms with Crippen LogP contribution in [0.3, 0.4) is 0 Å². The largest absolute Gasteiger partial charge is 0.381 e. The Balaban J connectivity index is 1.27. The number of benzene rings is 3. The zero-order valence-corrected chi connectivity index (χ0v) is 19.2. The molecular weight excluding hydrogens is 435 g/mol. The van der Waals surface area contributed by atoms with E-state index in [0.717, 1.165) is 18.5 Å². The van der Waals surface area contributed by atoms with Gasteiger partial charge in [-0.3, -0.25) is 4.79 Å². The van der Waals surface area contributed by atoms with Crippen LogP contribution in [0, 0.1) is 5.82 Å². The molecule has 2 heterocycles. The Morgan fingerprint density at radius 1 is 0.939 bits per heavy atom. The summed E-state index contributed by atoms with van der Waals surface area (Å²) in [6, 6.07) is 23.2. The second-order valence-electron chi connectivity index (χ2n) is 8.50. The summed E-state index contributed by atoms with van der Waals surface area (Å²) in [7, 11) is 0. The van der Waals surface area contributed by atoms with Gasteiger partial charge in [0.05, 0.1) is 16.8 Å². The highest BCUT2D eigenvalue weighted by Crippen LogP contribution is 2.47. The number of fused-ring (bicyclic) bond motifs is 2. The fraction of sp³-hybridized carbons (Fsp3) is 0.296. The van der Waals surface area contributed by atoms with Crippen molar-refractivity contribution in [3.8, 4) is 0 Å². The SMILES string of the molecule is O=C(NCCCN1c2ccccc2Sc2ccccc21)C1(c2ccc(F)cc2)CCOCC1. The fourth-order valence-electron chi connectivity index (χ4n) is 4.77. The molecule has 3 aromatic rings. The minimum Gasteiger partial charge on any atom is -0.381 e. The molecule has 33 heavy (non-hydrogen) atoms. The van der Waals surface area contributed by atoms with E-state index in [1.807, 2.05) is 0 Å². The van der Waals surface area contributed by atoms with E-state index >= 15 is 0 Å². The molecule has 1 N–H and O–H groups in total. The number of nitrogens with zero attached hydrogens (tertiary/aromatic N) is 1. The van der Waals surface area contributed by atoms with E-state index < -0.39 is 5.41 Å². The smallest absolute Gasteiger partial charge is 0.230 e. The van der Waals surface area contributed by atoms with Gasteiger partial charge in [0.25, 0.3) is 0 Å². The van der Waals surface area contributed by atoms with Crippen molar-refractivity contribution in [3.63, 3.8) is 0 Å². The molecule has 2 aliphatic rings. The summed E-state index contributed by atoms with van der Waals surface area (Å²) >= 11 is 1.80. The lowest BCUT2D eigenvalue weighted by Crippen LogP contribution is -2.48. The maximum Gasteiger partial charge on any atom is 0.230 e. The number of hydrogen-bond acceptors (Lipinski definition) is 4. The summed E-state index contributed by atoms with van der Waals surface area (Å²) in [6.07, 6.45) is 2.03. The molecule has 0 radical (unpaired) electrons. The molecular formula is C27H27FN2O2S. The molecule has 6 heteroatoms. The first kappa shape index (κ1) is 22.0. The monoisotopic (exact) mass is 462 g/mol. The van der Waals surface area contributed by atoms with Crippen LogP contribution in [-0.4, -0.2) is 32.2 Å². The van der Waals surface area contributed by atoms with E-state index in [0.29, 0.717) is 32.6 Å². The van der Waals surface area contributed by atoms with Crippen LogP contribution >= 0.6 is 11.8 Å². The van der Waals surface area contributed by atoms with Crippen molar-refractivity contribution < 1.29 is 13.9 Å². The van der Waals surface area contributed by atoms with Crippen molar-refractivity contribution in [2.75, 3.05) is 31.2 Å². The van der Waals surface area contributed by atoms with Gasteiger partial charge < -0.3 is 15.0 Å². The molecule has 1 saturated heterocycles. The van der Waals surface area contributed by atoms with Gasteiger partial charge in [-0.1, -0.05) is 48.2 Å². The van der Waals surface area contributed by atoms with Crippen LogP contribution in [0.1, 0.15) is 24.8 Å². The first-order valence-electron chi connectivity index (χ1n) is 11.4. The Morgan fingerprint density at radius 2 is 1.55 bits per heavy atom. The third-order valence-electron chi connectivity index (χ3n) is 6.55. The third kappa shape index (κ3) is 4.37. The molecule has 170 valence electrons. The number of rotatable bonds is 6. The topological polar surface area (TPSA) is 41.6 Å². The third-order valence-corrected chi connectivity index (χ3v) is 7.68. The molecule has 3 aromatic carbocycles. The van der Waals surface area contributed by atoms with Gasteiger partial charge in [0.15, 0.2) is 0 Å². The van der Waals surface area contributed by atoms with Crippen LogP contribution in [0.4, 0.5) is 15.8 Å². The number of anilines is 2. The van der Waals surface area contributed by atoms with E-state index in [-0.39, 0.29) is 11.7 Å². The van der Waals surface area contributed by atoms with Gasteiger partial charge in [-0.05, 0) is 61.2 Å². The highest BCUT2D eigenvalue weighted by atomic mass is 32.2. The minimum absolute atomic E-state index is 0.00686.